The highest BCUT2D eigenvalue weighted by molar-refractivity contribution is 7.92. The number of carbonyl (C=O) groups excluding carboxylic acids is 2. The molecule has 0 heterocycles. The van der Waals surface area contributed by atoms with Crippen molar-refractivity contribution in [3.8, 4) is 5.75 Å². The van der Waals surface area contributed by atoms with E-state index in [1.165, 1.54) is 23.1 Å². The number of hydrogen-bond acceptors (Lipinski definition) is 5. The largest absolute Gasteiger partial charge is 0.497 e. The Labute approximate surface area is 217 Å². The van der Waals surface area contributed by atoms with Crippen molar-refractivity contribution in [2.75, 3.05) is 24.2 Å². The Morgan fingerprint density at radius 2 is 1.63 bits per heavy atom. The maximum Gasteiger partial charge on any atom is 0.244 e. The third-order valence-corrected chi connectivity index (χ3v) is 6.72. The molecule has 0 aliphatic heterocycles. The van der Waals surface area contributed by atoms with Crippen LogP contribution < -0.4 is 14.4 Å². The Kier molecular flexibility index (Phi) is 10.2. The number of benzene rings is 2. The third kappa shape index (κ3) is 8.30. The van der Waals surface area contributed by atoms with Crippen LogP contribution in [0.3, 0.4) is 0 Å². The lowest BCUT2D eigenvalue weighted by atomic mass is 10.1. The van der Waals surface area contributed by atoms with Gasteiger partial charge < -0.3 is 15.0 Å². The summed E-state index contributed by atoms with van der Waals surface area (Å²) in [6.45, 7) is 5.02. The minimum Gasteiger partial charge on any atom is -0.497 e. The van der Waals surface area contributed by atoms with Gasteiger partial charge in [0.15, 0.2) is 0 Å². The SMILES string of the molecule is CC[C@@H](C(=O)NC(C)C)N(Cc1ccc(OC)cc1)C(=O)CN(c1cc(Cl)cc(Cl)c1)S(C)(=O)=O. The summed E-state index contributed by atoms with van der Waals surface area (Å²) < 4.78 is 31.4. The van der Waals surface area contributed by atoms with Crippen molar-refractivity contribution in [1.29, 1.82) is 0 Å². The van der Waals surface area contributed by atoms with Crippen molar-refractivity contribution in [1.82, 2.24) is 10.2 Å². The van der Waals surface area contributed by atoms with E-state index < -0.39 is 28.5 Å². The van der Waals surface area contributed by atoms with Crippen molar-refractivity contribution in [3.05, 3.63) is 58.1 Å². The van der Waals surface area contributed by atoms with Gasteiger partial charge in [0.05, 0.1) is 19.1 Å². The number of amides is 2. The van der Waals surface area contributed by atoms with E-state index in [1.807, 2.05) is 13.8 Å². The van der Waals surface area contributed by atoms with Crippen LogP contribution in [-0.4, -0.2) is 57.1 Å². The van der Waals surface area contributed by atoms with E-state index in [4.69, 9.17) is 27.9 Å². The third-order valence-electron chi connectivity index (χ3n) is 5.14. The molecule has 2 amide bonds. The van der Waals surface area contributed by atoms with Gasteiger partial charge in [0.1, 0.15) is 18.3 Å². The average molecular weight is 545 g/mol. The Morgan fingerprint density at radius 3 is 2.09 bits per heavy atom. The quantitative estimate of drug-likeness (QED) is 0.460. The first-order valence-electron chi connectivity index (χ1n) is 11.0. The van der Waals surface area contributed by atoms with Gasteiger partial charge in [0, 0.05) is 22.6 Å². The molecule has 0 saturated heterocycles. The van der Waals surface area contributed by atoms with Gasteiger partial charge in [0.2, 0.25) is 21.8 Å². The fraction of sp³-hybridized carbons (Fsp3) is 0.417. The molecule has 0 aromatic heterocycles. The van der Waals surface area contributed by atoms with Crippen LogP contribution in [0.15, 0.2) is 42.5 Å². The molecule has 0 fully saturated rings. The molecule has 2 rings (SSSR count). The monoisotopic (exact) mass is 543 g/mol. The second-order valence-corrected chi connectivity index (χ2v) is 11.1. The van der Waals surface area contributed by atoms with Crippen LogP contribution in [-0.2, 0) is 26.2 Å². The van der Waals surface area contributed by atoms with E-state index in [9.17, 15) is 18.0 Å². The van der Waals surface area contributed by atoms with E-state index in [0.29, 0.717) is 12.2 Å². The molecule has 2 aromatic carbocycles. The zero-order valence-corrected chi connectivity index (χ0v) is 22.7. The highest BCUT2D eigenvalue weighted by Crippen LogP contribution is 2.27. The van der Waals surface area contributed by atoms with Crippen molar-refractivity contribution in [2.45, 2.75) is 45.8 Å². The summed E-state index contributed by atoms with van der Waals surface area (Å²) >= 11 is 12.1. The van der Waals surface area contributed by atoms with Gasteiger partial charge in [0.25, 0.3) is 0 Å². The first-order valence-corrected chi connectivity index (χ1v) is 13.6. The summed E-state index contributed by atoms with van der Waals surface area (Å²) in [4.78, 5) is 28.0. The molecule has 0 saturated carbocycles. The standard InChI is InChI=1S/C24H31Cl2N3O5S/c1-6-22(24(31)27-16(2)3)28(14-17-7-9-21(34-4)10-8-17)23(30)15-29(35(5,32)33)20-12-18(25)11-19(26)13-20/h7-13,16,22H,6,14-15H2,1-5H3,(H,27,31)/t22-/m0/s1. The molecule has 0 aliphatic carbocycles. The number of ether oxygens (including phenoxy) is 1. The van der Waals surface area contributed by atoms with E-state index in [-0.39, 0.29) is 34.2 Å². The Morgan fingerprint density at radius 1 is 1.06 bits per heavy atom. The summed E-state index contributed by atoms with van der Waals surface area (Å²) in [7, 11) is -2.33. The molecule has 8 nitrogen and oxygen atoms in total. The lowest BCUT2D eigenvalue weighted by molar-refractivity contribution is -0.140. The molecular weight excluding hydrogens is 513 g/mol. The van der Waals surface area contributed by atoms with Crippen LogP contribution in [0, 0.1) is 0 Å². The van der Waals surface area contributed by atoms with Gasteiger partial charge in [-0.15, -0.1) is 0 Å². The minimum atomic E-state index is -3.88. The number of sulfonamides is 1. The number of carbonyl (C=O) groups is 2. The van der Waals surface area contributed by atoms with E-state index >= 15 is 0 Å². The Bertz CT molecular complexity index is 1120. The molecular formula is C24H31Cl2N3O5S. The molecule has 1 atom stereocenters. The van der Waals surface area contributed by atoms with Crippen LogP contribution in [0.2, 0.25) is 10.0 Å². The zero-order chi connectivity index (χ0) is 26.3. The van der Waals surface area contributed by atoms with Crippen molar-refractivity contribution < 1.29 is 22.7 Å². The average Bonchev–Trinajstić information content (AvgIpc) is 2.75. The van der Waals surface area contributed by atoms with E-state index in [1.54, 1.807) is 38.3 Å². The maximum atomic E-state index is 13.6. The van der Waals surface area contributed by atoms with Crippen LogP contribution >= 0.6 is 23.2 Å². The van der Waals surface area contributed by atoms with Crippen molar-refractivity contribution in [3.63, 3.8) is 0 Å². The molecule has 0 spiro atoms. The Balaban J connectivity index is 2.46. The first kappa shape index (κ1) is 28.7. The fourth-order valence-electron chi connectivity index (χ4n) is 3.52. The van der Waals surface area contributed by atoms with Crippen LogP contribution in [0.5, 0.6) is 5.75 Å². The minimum absolute atomic E-state index is 0.0980. The maximum absolute atomic E-state index is 13.6. The molecule has 1 N–H and O–H groups in total. The van der Waals surface area contributed by atoms with Gasteiger partial charge in [-0.25, -0.2) is 8.42 Å². The molecule has 2 aromatic rings. The molecule has 35 heavy (non-hydrogen) atoms. The predicted octanol–water partition coefficient (Wildman–Crippen LogP) is 4.10. The highest BCUT2D eigenvalue weighted by atomic mass is 35.5. The van der Waals surface area contributed by atoms with Crippen molar-refractivity contribution in [2.24, 2.45) is 0 Å². The van der Waals surface area contributed by atoms with Gasteiger partial charge in [-0.05, 0) is 56.2 Å². The summed E-state index contributed by atoms with van der Waals surface area (Å²) in [5.74, 6) is -0.216. The number of hydrogen-bond donors (Lipinski definition) is 1. The number of nitrogens with one attached hydrogen (secondary N) is 1. The van der Waals surface area contributed by atoms with Gasteiger partial charge in [-0.2, -0.15) is 0 Å². The molecule has 11 heteroatoms. The second kappa shape index (κ2) is 12.5. The fourth-order valence-corrected chi connectivity index (χ4v) is 4.87. The van der Waals surface area contributed by atoms with E-state index in [2.05, 4.69) is 5.32 Å². The first-order chi connectivity index (χ1) is 16.3. The Hall–Kier alpha value is -2.49. The zero-order valence-electron chi connectivity index (χ0n) is 20.4. The smallest absolute Gasteiger partial charge is 0.244 e. The van der Waals surface area contributed by atoms with Gasteiger partial charge in [-0.3, -0.25) is 13.9 Å². The topological polar surface area (TPSA) is 96.0 Å². The molecule has 0 aliphatic rings. The normalized spacial score (nSPS) is 12.2. The summed E-state index contributed by atoms with van der Waals surface area (Å²) in [6, 6.07) is 10.4. The number of rotatable bonds is 11. The van der Waals surface area contributed by atoms with Crippen molar-refractivity contribution >= 4 is 50.7 Å². The summed E-state index contributed by atoms with van der Waals surface area (Å²) in [5, 5.41) is 3.30. The lowest BCUT2D eigenvalue weighted by Crippen LogP contribution is -2.53. The second-order valence-electron chi connectivity index (χ2n) is 8.35. The van der Waals surface area contributed by atoms with Crippen LogP contribution in [0.4, 0.5) is 5.69 Å². The van der Waals surface area contributed by atoms with Gasteiger partial charge in [-0.1, -0.05) is 42.3 Å². The molecule has 0 bridgehead atoms. The molecule has 192 valence electrons. The number of anilines is 1. The lowest BCUT2D eigenvalue weighted by Gasteiger charge is -2.33. The van der Waals surface area contributed by atoms with Gasteiger partial charge >= 0.3 is 0 Å². The number of nitrogens with zero attached hydrogens (tertiary/aromatic N) is 2. The summed E-state index contributed by atoms with van der Waals surface area (Å²) in [6.07, 6.45) is 1.33. The highest BCUT2D eigenvalue weighted by Gasteiger charge is 2.32. The number of halogens is 2. The number of methoxy groups -OCH3 is 1. The van der Waals surface area contributed by atoms with Crippen LogP contribution in [0.25, 0.3) is 0 Å². The summed E-state index contributed by atoms with van der Waals surface area (Å²) in [5.41, 5.74) is 0.911. The molecule has 0 unspecified atom stereocenters. The van der Waals surface area contributed by atoms with E-state index in [0.717, 1.165) is 16.1 Å². The molecule has 0 radical (unpaired) electrons. The predicted molar refractivity (Wildman–Crippen MR) is 140 cm³/mol. The van der Waals surface area contributed by atoms with Crippen LogP contribution in [0.1, 0.15) is 32.8 Å².